The highest BCUT2D eigenvalue weighted by Crippen LogP contribution is 2.05. The normalized spacial score (nSPS) is 13.8. The predicted molar refractivity (Wildman–Crippen MR) is 52.1 cm³/mol. The molecule has 0 aliphatic heterocycles. The molecular weight excluding hydrogens is 153 g/mol. The van der Waals surface area contributed by atoms with E-state index in [1.807, 2.05) is 0 Å². The van der Waals surface area contributed by atoms with Crippen LogP contribution >= 0.6 is 0 Å². The van der Waals surface area contributed by atoms with E-state index in [0.717, 1.165) is 12.5 Å². The SMILES string of the molecule is CC(C)CCC(C)NCCCF. The first kappa shape index (κ1) is 11.9. The highest BCUT2D eigenvalue weighted by atomic mass is 19.1. The minimum Gasteiger partial charge on any atom is -0.314 e. The van der Waals surface area contributed by atoms with Crippen LogP contribution in [0.25, 0.3) is 0 Å². The lowest BCUT2D eigenvalue weighted by Gasteiger charge is -2.14. The third-order valence-electron chi connectivity index (χ3n) is 1.98. The Bertz CT molecular complexity index is 93.8. The molecule has 74 valence electrons. The van der Waals surface area contributed by atoms with Crippen molar-refractivity contribution in [1.82, 2.24) is 5.32 Å². The average Bonchev–Trinajstić information content (AvgIpc) is 2.01. The highest BCUT2D eigenvalue weighted by molar-refractivity contribution is 4.61. The van der Waals surface area contributed by atoms with Gasteiger partial charge in [-0.1, -0.05) is 13.8 Å². The van der Waals surface area contributed by atoms with Crippen molar-refractivity contribution < 1.29 is 4.39 Å². The molecule has 0 aliphatic carbocycles. The van der Waals surface area contributed by atoms with Gasteiger partial charge in [-0.25, -0.2) is 0 Å². The Morgan fingerprint density at radius 3 is 2.33 bits per heavy atom. The van der Waals surface area contributed by atoms with Gasteiger partial charge in [-0.05, 0) is 38.6 Å². The Balaban J connectivity index is 3.15. The predicted octanol–water partition coefficient (Wildman–Crippen LogP) is 2.76. The molecule has 0 heterocycles. The molecule has 0 rings (SSSR count). The van der Waals surface area contributed by atoms with Gasteiger partial charge in [0, 0.05) is 6.04 Å². The molecule has 0 aromatic rings. The molecule has 2 heteroatoms. The van der Waals surface area contributed by atoms with Crippen LogP contribution in [0.15, 0.2) is 0 Å². The van der Waals surface area contributed by atoms with Crippen LogP contribution in [0, 0.1) is 5.92 Å². The molecule has 0 saturated carbocycles. The van der Waals surface area contributed by atoms with E-state index in [4.69, 9.17) is 0 Å². The van der Waals surface area contributed by atoms with Crippen LogP contribution in [0.5, 0.6) is 0 Å². The number of hydrogen-bond donors (Lipinski definition) is 1. The zero-order chi connectivity index (χ0) is 9.40. The lowest BCUT2D eigenvalue weighted by Crippen LogP contribution is -2.27. The Kier molecular flexibility index (Phi) is 7.47. The first-order valence-corrected chi connectivity index (χ1v) is 4.96. The highest BCUT2D eigenvalue weighted by Gasteiger charge is 2.01. The Morgan fingerprint density at radius 2 is 1.83 bits per heavy atom. The Morgan fingerprint density at radius 1 is 1.17 bits per heavy atom. The maximum Gasteiger partial charge on any atom is 0.0906 e. The quantitative estimate of drug-likeness (QED) is 0.587. The van der Waals surface area contributed by atoms with Crippen molar-refractivity contribution in [3.05, 3.63) is 0 Å². The topological polar surface area (TPSA) is 12.0 Å². The number of hydrogen-bond acceptors (Lipinski definition) is 1. The fraction of sp³-hybridized carbons (Fsp3) is 1.00. The Hall–Kier alpha value is -0.110. The van der Waals surface area contributed by atoms with Gasteiger partial charge in [-0.15, -0.1) is 0 Å². The Labute approximate surface area is 75.7 Å². The van der Waals surface area contributed by atoms with Crippen molar-refractivity contribution in [3.8, 4) is 0 Å². The monoisotopic (exact) mass is 175 g/mol. The summed E-state index contributed by atoms with van der Waals surface area (Å²) in [5.41, 5.74) is 0. The van der Waals surface area contributed by atoms with Crippen LogP contribution in [0.4, 0.5) is 4.39 Å². The molecule has 1 unspecified atom stereocenters. The number of halogens is 1. The molecule has 0 spiro atoms. The molecule has 0 radical (unpaired) electrons. The van der Waals surface area contributed by atoms with Gasteiger partial charge in [0.25, 0.3) is 0 Å². The van der Waals surface area contributed by atoms with Crippen LogP contribution in [0.2, 0.25) is 0 Å². The van der Waals surface area contributed by atoms with Crippen molar-refractivity contribution in [2.75, 3.05) is 13.2 Å². The fourth-order valence-electron chi connectivity index (χ4n) is 1.10. The zero-order valence-electron chi connectivity index (χ0n) is 8.57. The minimum atomic E-state index is -0.204. The third-order valence-corrected chi connectivity index (χ3v) is 1.98. The molecule has 1 nitrogen and oxygen atoms in total. The molecule has 1 N–H and O–H groups in total. The molecule has 0 fully saturated rings. The van der Waals surface area contributed by atoms with Crippen molar-refractivity contribution in [2.45, 2.75) is 46.1 Å². The van der Waals surface area contributed by atoms with Gasteiger partial charge in [0.05, 0.1) is 6.67 Å². The number of alkyl halides is 1. The van der Waals surface area contributed by atoms with Gasteiger partial charge in [0.15, 0.2) is 0 Å². The number of rotatable bonds is 7. The van der Waals surface area contributed by atoms with Gasteiger partial charge in [0.2, 0.25) is 0 Å². The van der Waals surface area contributed by atoms with Gasteiger partial charge >= 0.3 is 0 Å². The molecule has 12 heavy (non-hydrogen) atoms. The summed E-state index contributed by atoms with van der Waals surface area (Å²) in [4.78, 5) is 0. The molecule has 0 aromatic carbocycles. The first-order chi connectivity index (χ1) is 5.66. The van der Waals surface area contributed by atoms with E-state index < -0.39 is 0 Å². The van der Waals surface area contributed by atoms with E-state index in [1.54, 1.807) is 0 Å². The number of nitrogens with one attached hydrogen (secondary N) is 1. The van der Waals surface area contributed by atoms with E-state index in [0.29, 0.717) is 12.5 Å². The molecule has 1 atom stereocenters. The summed E-state index contributed by atoms with van der Waals surface area (Å²) in [5.74, 6) is 0.774. The average molecular weight is 175 g/mol. The second kappa shape index (κ2) is 7.53. The standard InChI is InChI=1S/C10H22FN/c1-9(2)5-6-10(3)12-8-4-7-11/h9-10,12H,4-8H2,1-3H3. The summed E-state index contributed by atoms with van der Waals surface area (Å²) >= 11 is 0. The minimum absolute atomic E-state index is 0.204. The van der Waals surface area contributed by atoms with Gasteiger partial charge < -0.3 is 5.32 Å². The molecule has 0 aromatic heterocycles. The summed E-state index contributed by atoms with van der Waals surface area (Å²) < 4.78 is 11.7. The van der Waals surface area contributed by atoms with E-state index in [1.165, 1.54) is 12.8 Å². The summed E-state index contributed by atoms with van der Waals surface area (Å²) in [6, 6.07) is 0.541. The van der Waals surface area contributed by atoms with Gasteiger partial charge in [-0.2, -0.15) is 0 Å². The van der Waals surface area contributed by atoms with Crippen LogP contribution < -0.4 is 5.32 Å². The summed E-state index contributed by atoms with van der Waals surface area (Å²) in [6.45, 7) is 7.24. The second-order valence-electron chi connectivity index (χ2n) is 3.87. The van der Waals surface area contributed by atoms with E-state index in [9.17, 15) is 4.39 Å². The van der Waals surface area contributed by atoms with Gasteiger partial charge in [-0.3, -0.25) is 4.39 Å². The van der Waals surface area contributed by atoms with Crippen molar-refractivity contribution >= 4 is 0 Å². The van der Waals surface area contributed by atoms with E-state index in [-0.39, 0.29) is 6.67 Å². The maximum atomic E-state index is 11.7. The maximum absolute atomic E-state index is 11.7. The third kappa shape index (κ3) is 7.99. The lowest BCUT2D eigenvalue weighted by molar-refractivity contribution is 0.417. The summed E-state index contributed by atoms with van der Waals surface area (Å²) in [7, 11) is 0. The largest absolute Gasteiger partial charge is 0.314 e. The van der Waals surface area contributed by atoms with E-state index in [2.05, 4.69) is 26.1 Å². The van der Waals surface area contributed by atoms with Crippen molar-refractivity contribution in [2.24, 2.45) is 5.92 Å². The zero-order valence-corrected chi connectivity index (χ0v) is 8.57. The molecule has 0 bridgehead atoms. The molecule has 0 saturated heterocycles. The lowest BCUT2D eigenvalue weighted by atomic mass is 10.0. The first-order valence-electron chi connectivity index (χ1n) is 4.96. The molecule has 0 amide bonds. The molecule has 0 aliphatic rings. The fourth-order valence-corrected chi connectivity index (χ4v) is 1.10. The van der Waals surface area contributed by atoms with Crippen LogP contribution in [0.1, 0.15) is 40.0 Å². The van der Waals surface area contributed by atoms with Crippen molar-refractivity contribution in [1.29, 1.82) is 0 Å². The van der Waals surface area contributed by atoms with Gasteiger partial charge in [0.1, 0.15) is 0 Å². The van der Waals surface area contributed by atoms with E-state index >= 15 is 0 Å². The summed E-state index contributed by atoms with van der Waals surface area (Å²) in [6.07, 6.45) is 3.10. The second-order valence-corrected chi connectivity index (χ2v) is 3.87. The van der Waals surface area contributed by atoms with Crippen molar-refractivity contribution in [3.63, 3.8) is 0 Å². The summed E-state index contributed by atoms with van der Waals surface area (Å²) in [5, 5.41) is 3.30. The smallest absolute Gasteiger partial charge is 0.0906 e. The molecular formula is C10H22FN. The van der Waals surface area contributed by atoms with Crippen LogP contribution in [-0.4, -0.2) is 19.3 Å². The van der Waals surface area contributed by atoms with Crippen LogP contribution in [0.3, 0.4) is 0 Å². The van der Waals surface area contributed by atoms with Crippen LogP contribution in [-0.2, 0) is 0 Å².